The van der Waals surface area contributed by atoms with Gasteiger partial charge in [0.15, 0.2) is 11.5 Å². The number of hydrogen-bond acceptors (Lipinski definition) is 26. The summed E-state index contributed by atoms with van der Waals surface area (Å²) in [5.41, 5.74) is 1.37. The maximum atomic E-state index is 10.2. The summed E-state index contributed by atoms with van der Waals surface area (Å²) in [7, 11) is 2.98. The number of phenols is 1. The van der Waals surface area contributed by atoms with Gasteiger partial charge in [-0.05, 0) is 39.7 Å². The Morgan fingerprint density at radius 1 is 0.429 bits per heavy atom. The van der Waals surface area contributed by atoms with Crippen LogP contribution in [0.2, 0.25) is 5.28 Å². The van der Waals surface area contributed by atoms with E-state index in [4.69, 9.17) is 64.4 Å². The number of methoxy groups -OCH3 is 2. The van der Waals surface area contributed by atoms with Crippen molar-refractivity contribution in [3.8, 4) is 40.4 Å². The molecule has 77 heavy (non-hydrogen) atoms. The van der Waals surface area contributed by atoms with Crippen LogP contribution in [0.4, 0.5) is 35.7 Å². The lowest BCUT2D eigenvalue weighted by Crippen LogP contribution is -2.40. The van der Waals surface area contributed by atoms with Crippen molar-refractivity contribution in [1.82, 2.24) is 64.0 Å². The zero-order valence-electron chi connectivity index (χ0n) is 42.9. The Labute approximate surface area is 457 Å². The number of nitrogens with zero attached hydrogens (tertiary/aromatic N) is 19. The number of morpholine rings is 6. The van der Waals surface area contributed by atoms with Gasteiger partial charge >= 0.3 is 0 Å². The summed E-state index contributed by atoms with van der Waals surface area (Å²) < 4.78 is 47.3. The van der Waals surface area contributed by atoms with Crippen LogP contribution in [0.1, 0.15) is 0 Å². The number of ether oxygens (including phenoxy) is 8. The maximum Gasteiger partial charge on any atom is 0.241 e. The Morgan fingerprint density at radius 2 is 0.714 bits per heavy atom. The number of aromatic hydroxyl groups is 1. The molecule has 11 heterocycles. The molecule has 0 saturated carbocycles. The molecule has 1 N–H and O–H groups in total. The fourth-order valence-corrected chi connectivity index (χ4v) is 9.17. The average molecular weight is 1150 g/mol. The van der Waals surface area contributed by atoms with E-state index in [0.29, 0.717) is 170 Å². The second kappa shape index (κ2) is 26.2. The van der Waals surface area contributed by atoms with E-state index in [9.17, 15) is 5.11 Å². The van der Waals surface area contributed by atoms with Crippen LogP contribution in [0.15, 0.2) is 41.8 Å². The highest BCUT2D eigenvalue weighted by Gasteiger charge is 2.25. The molecule has 6 saturated heterocycles. The molecule has 0 bridgehead atoms. The molecular formula is C47H61BrClN19O9. The molecule has 12 rings (SSSR count). The third kappa shape index (κ3) is 13.8. The maximum absolute atomic E-state index is 10.2. The van der Waals surface area contributed by atoms with E-state index in [-0.39, 0.29) is 11.0 Å². The highest BCUT2D eigenvalue weighted by Crippen LogP contribution is 2.40. The molecule has 6 aliphatic rings. The molecule has 0 radical (unpaired) electrons. The molecule has 0 unspecified atom stereocenters. The number of hydrogen-bond donors (Lipinski definition) is 1. The van der Waals surface area contributed by atoms with Gasteiger partial charge in [-0.1, -0.05) is 0 Å². The summed E-state index contributed by atoms with van der Waals surface area (Å²) in [6.45, 7) is 17.1. The SMILES string of the molecule is Brc1cn(-c2nc(N3CCOCC3)nc(N3CCOCC3)n2)cn1.COc1cc(-c2cn(-c3nc(N4CCOCC4)nc(N4CCOCC4)n3)cn2)cc(OC)c1O.Clc1nc(N2CCOCC2)nc(N2CCOCC2)n1. The van der Waals surface area contributed by atoms with Crippen LogP contribution >= 0.6 is 27.5 Å². The van der Waals surface area contributed by atoms with Crippen molar-refractivity contribution in [2.45, 2.75) is 0 Å². The van der Waals surface area contributed by atoms with E-state index in [1.807, 2.05) is 12.4 Å². The molecule has 6 fully saturated rings. The second-order valence-electron chi connectivity index (χ2n) is 17.8. The second-order valence-corrected chi connectivity index (χ2v) is 18.9. The van der Waals surface area contributed by atoms with E-state index in [1.165, 1.54) is 14.2 Å². The van der Waals surface area contributed by atoms with E-state index in [2.05, 4.69) is 85.2 Å². The molecule has 0 amide bonds. The van der Waals surface area contributed by atoms with Gasteiger partial charge in [0.25, 0.3) is 0 Å². The van der Waals surface area contributed by atoms with Crippen molar-refractivity contribution >= 4 is 63.2 Å². The van der Waals surface area contributed by atoms with Gasteiger partial charge in [0, 0.05) is 96.5 Å². The third-order valence-corrected chi connectivity index (χ3v) is 13.5. The summed E-state index contributed by atoms with van der Waals surface area (Å²) >= 11 is 9.37. The number of aromatic nitrogens is 13. The van der Waals surface area contributed by atoms with E-state index < -0.39 is 0 Å². The number of phenolic OH excluding ortho intramolecular Hbond substituents is 1. The first kappa shape index (κ1) is 53.8. The quantitative estimate of drug-likeness (QED) is 0.194. The number of anilines is 6. The monoisotopic (exact) mass is 1150 g/mol. The largest absolute Gasteiger partial charge is 0.502 e. The van der Waals surface area contributed by atoms with Gasteiger partial charge in [-0.3, -0.25) is 9.13 Å². The Hall–Kier alpha value is -6.60. The number of rotatable bonds is 11. The fourth-order valence-electron chi connectivity index (χ4n) is 8.71. The summed E-state index contributed by atoms with van der Waals surface area (Å²) in [4.78, 5) is 62.4. The van der Waals surface area contributed by atoms with Crippen molar-refractivity contribution in [1.29, 1.82) is 0 Å². The molecule has 5 aromatic heterocycles. The lowest BCUT2D eigenvalue weighted by Gasteiger charge is -2.30. The Kier molecular flexibility index (Phi) is 18.3. The Balaban J connectivity index is 0.000000137. The average Bonchev–Trinajstić information content (AvgIpc) is 4.20. The topological polar surface area (TPSA) is 265 Å². The zero-order chi connectivity index (χ0) is 52.9. The molecule has 6 aromatic rings. The van der Waals surface area contributed by atoms with Gasteiger partial charge in [-0.2, -0.15) is 44.9 Å². The Morgan fingerprint density at radius 3 is 1.01 bits per heavy atom. The van der Waals surface area contributed by atoms with E-state index in [1.54, 1.807) is 33.9 Å². The minimum absolute atomic E-state index is 0.0593. The molecule has 30 heteroatoms. The summed E-state index contributed by atoms with van der Waals surface area (Å²) in [6.07, 6.45) is 7.00. The predicted octanol–water partition coefficient (Wildman–Crippen LogP) is 1.81. The molecule has 1 aromatic carbocycles. The van der Waals surface area contributed by atoms with Crippen molar-refractivity contribution in [3.63, 3.8) is 0 Å². The molecule has 0 aliphatic carbocycles. The van der Waals surface area contributed by atoms with Gasteiger partial charge in [-0.15, -0.1) is 0 Å². The first-order valence-electron chi connectivity index (χ1n) is 25.4. The lowest BCUT2D eigenvalue weighted by molar-refractivity contribution is 0.121. The standard InChI is InChI=1S/C22H27N7O5.C14H18BrN7O2.C11H16ClN5O2/c1-31-17-11-15(12-18(32-2)19(17)30)16-13-29(14-23-16)22-25-20(27-3-7-33-8-4-27)24-21(26-22)28-5-9-34-10-6-28;15-11-9-22(10-16-11)14-18-12(20-1-5-23-6-2-20)17-13(19-14)21-3-7-24-8-4-21;12-9-13-10(16-1-5-18-6-2-16)15-11(14-9)17-3-7-19-8-4-17/h11-14,30H,3-10H2,1-2H3;9-10H,1-8H2;1-8H2. The van der Waals surface area contributed by atoms with Crippen LogP contribution in [0.25, 0.3) is 23.2 Å². The highest BCUT2D eigenvalue weighted by atomic mass is 79.9. The van der Waals surface area contributed by atoms with Crippen LogP contribution in [-0.4, -0.2) is 241 Å². The number of imidazole rings is 2. The Bertz CT molecular complexity index is 2720. The summed E-state index contributed by atoms with van der Waals surface area (Å²) in [6, 6.07) is 3.41. The van der Waals surface area contributed by atoms with Crippen LogP contribution < -0.4 is 38.9 Å². The van der Waals surface area contributed by atoms with Crippen molar-refractivity contribution in [2.75, 3.05) is 201 Å². The van der Waals surface area contributed by atoms with Crippen molar-refractivity contribution in [2.24, 2.45) is 0 Å². The first-order chi connectivity index (χ1) is 37.8. The zero-order valence-corrected chi connectivity index (χ0v) is 45.2. The van der Waals surface area contributed by atoms with E-state index >= 15 is 0 Å². The lowest BCUT2D eigenvalue weighted by atomic mass is 10.1. The smallest absolute Gasteiger partial charge is 0.241 e. The van der Waals surface area contributed by atoms with Crippen LogP contribution in [0.3, 0.4) is 0 Å². The fraction of sp³-hybridized carbons (Fsp3) is 0.553. The number of halogens is 2. The molecule has 0 atom stereocenters. The van der Waals surface area contributed by atoms with E-state index in [0.717, 1.165) is 62.5 Å². The first-order valence-corrected chi connectivity index (χ1v) is 26.5. The molecule has 28 nitrogen and oxygen atoms in total. The highest BCUT2D eigenvalue weighted by molar-refractivity contribution is 9.10. The number of benzene rings is 1. The van der Waals surface area contributed by atoms with Crippen LogP contribution in [0.5, 0.6) is 17.2 Å². The predicted molar refractivity (Wildman–Crippen MR) is 285 cm³/mol. The van der Waals surface area contributed by atoms with Gasteiger partial charge in [-0.25, -0.2) is 9.97 Å². The van der Waals surface area contributed by atoms with Gasteiger partial charge in [0.05, 0.1) is 99.2 Å². The van der Waals surface area contributed by atoms with Crippen molar-refractivity contribution in [3.05, 3.63) is 47.1 Å². The molecule has 412 valence electrons. The van der Waals surface area contributed by atoms with Gasteiger partial charge in [0.2, 0.25) is 58.6 Å². The molecule has 6 aliphatic heterocycles. The minimum atomic E-state index is -0.0593. The van der Waals surface area contributed by atoms with Crippen molar-refractivity contribution < 1.29 is 43.0 Å². The van der Waals surface area contributed by atoms with Crippen LogP contribution in [0, 0.1) is 0 Å². The normalized spacial score (nSPS) is 18.3. The summed E-state index contributed by atoms with van der Waals surface area (Å²) in [5, 5.41) is 10.5. The van der Waals surface area contributed by atoms with Crippen LogP contribution in [-0.2, 0) is 28.4 Å². The minimum Gasteiger partial charge on any atom is -0.502 e. The van der Waals surface area contributed by atoms with Gasteiger partial charge in [0.1, 0.15) is 17.3 Å². The molecular weight excluding hydrogens is 1090 g/mol. The summed E-state index contributed by atoms with van der Waals surface area (Å²) in [5.74, 6) is 5.40. The van der Waals surface area contributed by atoms with Gasteiger partial charge < -0.3 is 72.4 Å². The molecule has 0 spiro atoms. The third-order valence-electron chi connectivity index (χ3n) is 12.9.